The number of aryl methyl sites for hydroxylation is 1. The number of carbonyl (C=O) groups is 1. The van der Waals surface area contributed by atoms with Crippen LogP contribution in [0.1, 0.15) is 23.0 Å². The van der Waals surface area contributed by atoms with Gasteiger partial charge in [-0.15, -0.1) is 0 Å². The summed E-state index contributed by atoms with van der Waals surface area (Å²) in [6.07, 6.45) is 0.992. The number of benzene rings is 2. The first kappa shape index (κ1) is 16.8. The van der Waals surface area contributed by atoms with Crippen LogP contribution >= 0.6 is 22.6 Å². The van der Waals surface area contributed by atoms with Crippen LogP contribution in [0.15, 0.2) is 63.4 Å². The lowest BCUT2D eigenvalue weighted by Gasteiger charge is -2.02. The van der Waals surface area contributed by atoms with Crippen LogP contribution in [0.5, 0.6) is 0 Å². The topological polar surface area (TPSA) is 68.3 Å². The molecule has 4 aromatic rings. The number of aromatic nitrogens is 1. The first-order valence-corrected chi connectivity index (χ1v) is 9.27. The Balaban J connectivity index is 1.60. The lowest BCUT2D eigenvalue weighted by molar-refractivity contribution is 0.0995. The van der Waals surface area contributed by atoms with E-state index in [4.69, 9.17) is 8.83 Å². The molecule has 26 heavy (non-hydrogen) atoms. The number of nitrogens with one attached hydrogen (secondary N) is 1. The Kier molecular flexibility index (Phi) is 4.50. The van der Waals surface area contributed by atoms with Gasteiger partial charge in [0.25, 0.3) is 5.91 Å². The van der Waals surface area contributed by atoms with Crippen molar-refractivity contribution in [3.05, 3.63) is 69.7 Å². The Labute approximate surface area is 163 Å². The molecule has 1 amide bonds. The molecule has 0 saturated carbocycles. The first-order chi connectivity index (χ1) is 12.6. The number of nitrogens with zero attached hydrogens (tertiary/aromatic N) is 1. The number of oxazole rings is 1. The second-order valence-corrected chi connectivity index (χ2v) is 6.87. The predicted molar refractivity (Wildman–Crippen MR) is 108 cm³/mol. The molecule has 0 bridgehead atoms. The number of amides is 1. The van der Waals surface area contributed by atoms with E-state index in [9.17, 15) is 4.79 Å². The maximum atomic E-state index is 12.2. The van der Waals surface area contributed by atoms with Gasteiger partial charge < -0.3 is 14.2 Å². The quantitative estimate of drug-likeness (QED) is 0.410. The highest BCUT2D eigenvalue weighted by Crippen LogP contribution is 2.27. The minimum atomic E-state index is -0.300. The highest BCUT2D eigenvalue weighted by molar-refractivity contribution is 14.1. The molecule has 6 heteroatoms. The van der Waals surface area contributed by atoms with E-state index in [1.807, 2.05) is 34.7 Å². The van der Waals surface area contributed by atoms with Crippen molar-refractivity contribution in [3.8, 4) is 11.5 Å². The molecule has 4 rings (SSSR count). The molecular weight excluding hydrogens is 443 g/mol. The van der Waals surface area contributed by atoms with Crippen molar-refractivity contribution in [2.45, 2.75) is 13.3 Å². The molecule has 0 unspecified atom stereocenters. The Morgan fingerprint density at radius 2 is 1.88 bits per heavy atom. The third-order valence-electron chi connectivity index (χ3n) is 4.05. The van der Waals surface area contributed by atoms with E-state index in [1.165, 1.54) is 5.56 Å². The van der Waals surface area contributed by atoms with Gasteiger partial charge in [0.15, 0.2) is 15.1 Å². The number of fused-ring (bicyclic) bond motifs is 1. The van der Waals surface area contributed by atoms with E-state index >= 15 is 0 Å². The molecule has 0 radical (unpaired) electrons. The number of carbonyl (C=O) groups excluding carboxylic acids is 1. The second kappa shape index (κ2) is 6.95. The van der Waals surface area contributed by atoms with E-state index in [0.29, 0.717) is 26.4 Å². The highest BCUT2D eigenvalue weighted by Gasteiger charge is 2.13. The zero-order valence-corrected chi connectivity index (χ0v) is 16.1. The molecule has 0 aliphatic carbocycles. The Morgan fingerprint density at radius 3 is 2.58 bits per heavy atom. The lowest BCUT2D eigenvalue weighted by Crippen LogP contribution is -2.10. The maximum absolute atomic E-state index is 12.2. The molecule has 2 aromatic heterocycles. The molecule has 0 aliphatic heterocycles. The van der Waals surface area contributed by atoms with Crippen molar-refractivity contribution < 1.29 is 13.6 Å². The van der Waals surface area contributed by atoms with Crippen molar-refractivity contribution in [1.82, 2.24) is 4.98 Å². The minimum Gasteiger partial charge on any atom is -0.445 e. The molecule has 0 aliphatic rings. The molecule has 0 atom stereocenters. The van der Waals surface area contributed by atoms with E-state index in [2.05, 4.69) is 29.4 Å². The largest absolute Gasteiger partial charge is 0.445 e. The fraction of sp³-hybridized carbons (Fsp3) is 0.100. The van der Waals surface area contributed by atoms with Crippen LogP contribution in [0.3, 0.4) is 0 Å². The van der Waals surface area contributed by atoms with Gasteiger partial charge in [-0.25, -0.2) is 4.98 Å². The number of hydrogen-bond donors (Lipinski definition) is 1. The van der Waals surface area contributed by atoms with Crippen LogP contribution in [0, 0.1) is 3.77 Å². The maximum Gasteiger partial charge on any atom is 0.291 e. The average Bonchev–Trinajstić information content (AvgIpc) is 3.27. The monoisotopic (exact) mass is 458 g/mol. The van der Waals surface area contributed by atoms with Gasteiger partial charge in [-0.05, 0) is 77.0 Å². The van der Waals surface area contributed by atoms with Crippen LogP contribution in [0.4, 0.5) is 5.69 Å². The third kappa shape index (κ3) is 3.37. The summed E-state index contributed by atoms with van der Waals surface area (Å²) in [5, 5.41) is 2.81. The summed E-state index contributed by atoms with van der Waals surface area (Å²) in [6.45, 7) is 2.12. The number of furan rings is 1. The molecule has 0 spiro atoms. The first-order valence-electron chi connectivity index (χ1n) is 8.19. The summed E-state index contributed by atoms with van der Waals surface area (Å²) in [7, 11) is 0. The van der Waals surface area contributed by atoms with E-state index < -0.39 is 0 Å². The lowest BCUT2D eigenvalue weighted by atomic mass is 10.1. The predicted octanol–water partition coefficient (Wildman–Crippen LogP) is 5.51. The molecule has 5 nitrogen and oxygen atoms in total. The van der Waals surface area contributed by atoms with E-state index in [1.54, 1.807) is 30.3 Å². The van der Waals surface area contributed by atoms with Gasteiger partial charge in [-0.2, -0.15) is 0 Å². The highest BCUT2D eigenvalue weighted by atomic mass is 127. The van der Waals surface area contributed by atoms with E-state index in [0.717, 1.165) is 12.0 Å². The SMILES string of the molecule is CCc1ccc(-c2nc3cc(NC(=O)c4ccc(I)o4)ccc3o2)cc1. The zero-order valence-electron chi connectivity index (χ0n) is 14.0. The van der Waals surface area contributed by atoms with Crippen LogP contribution < -0.4 is 5.32 Å². The summed E-state index contributed by atoms with van der Waals surface area (Å²) in [5.41, 5.74) is 4.18. The summed E-state index contributed by atoms with van der Waals surface area (Å²) in [5.74, 6) is 0.532. The number of anilines is 1. The summed E-state index contributed by atoms with van der Waals surface area (Å²) in [4.78, 5) is 16.7. The molecule has 0 saturated heterocycles. The van der Waals surface area contributed by atoms with E-state index in [-0.39, 0.29) is 11.7 Å². The fourth-order valence-corrected chi connectivity index (χ4v) is 3.06. The smallest absolute Gasteiger partial charge is 0.291 e. The van der Waals surface area contributed by atoms with Gasteiger partial charge in [0.2, 0.25) is 5.89 Å². The van der Waals surface area contributed by atoms with Gasteiger partial charge in [-0.3, -0.25) is 4.79 Å². The van der Waals surface area contributed by atoms with Crippen LogP contribution in [-0.2, 0) is 6.42 Å². The summed E-state index contributed by atoms with van der Waals surface area (Å²) in [6, 6.07) is 16.9. The zero-order chi connectivity index (χ0) is 18.1. The summed E-state index contributed by atoms with van der Waals surface area (Å²) >= 11 is 2.02. The van der Waals surface area contributed by atoms with Gasteiger partial charge in [0, 0.05) is 11.3 Å². The van der Waals surface area contributed by atoms with Crippen LogP contribution in [0.25, 0.3) is 22.6 Å². The van der Waals surface area contributed by atoms with Crippen LogP contribution in [0.2, 0.25) is 0 Å². The van der Waals surface area contributed by atoms with Crippen molar-refractivity contribution >= 4 is 45.3 Å². The third-order valence-corrected chi connectivity index (χ3v) is 4.63. The number of halogens is 1. The second-order valence-electron chi connectivity index (χ2n) is 5.81. The Hall–Kier alpha value is -2.61. The van der Waals surface area contributed by atoms with Crippen molar-refractivity contribution in [2.24, 2.45) is 0 Å². The number of hydrogen-bond acceptors (Lipinski definition) is 4. The molecule has 1 N–H and O–H groups in total. The fourth-order valence-electron chi connectivity index (χ4n) is 2.64. The van der Waals surface area contributed by atoms with Crippen molar-refractivity contribution in [3.63, 3.8) is 0 Å². The molecule has 2 heterocycles. The average molecular weight is 458 g/mol. The van der Waals surface area contributed by atoms with Gasteiger partial charge >= 0.3 is 0 Å². The summed E-state index contributed by atoms with van der Waals surface area (Å²) < 4.78 is 11.8. The van der Waals surface area contributed by atoms with Crippen molar-refractivity contribution in [1.29, 1.82) is 0 Å². The van der Waals surface area contributed by atoms with Crippen LogP contribution in [-0.4, -0.2) is 10.9 Å². The number of rotatable bonds is 4. The molecule has 130 valence electrons. The Bertz CT molecular complexity index is 1080. The molecular formula is C20H15IN2O3. The van der Waals surface area contributed by atoms with Gasteiger partial charge in [0.05, 0.1) is 0 Å². The molecule has 2 aromatic carbocycles. The Morgan fingerprint density at radius 1 is 1.08 bits per heavy atom. The molecule has 0 fully saturated rings. The van der Waals surface area contributed by atoms with Crippen molar-refractivity contribution in [2.75, 3.05) is 5.32 Å². The minimum absolute atomic E-state index is 0.270. The van der Waals surface area contributed by atoms with Gasteiger partial charge in [-0.1, -0.05) is 19.1 Å². The normalized spacial score (nSPS) is 11.0. The van der Waals surface area contributed by atoms with Gasteiger partial charge in [0.1, 0.15) is 5.52 Å². The standard InChI is InChI=1S/C20H15IN2O3/c1-2-12-3-5-13(6-4-12)20-23-15-11-14(7-8-16(15)26-20)22-19(24)17-9-10-18(21)25-17/h3-11H,2H2,1H3,(H,22,24).